The van der Waals surface area contributed by atoms with Crippen molar-refractivity contribution < 1.29 is 14.4 Å². The van der Waals surface area contributed by atoms with Gasteiger partial charge in [-0.2, -0.15) is 0 Å². The molecule has 3 aliphatic rings. The van der Waals surface area contributed by atoms with Gasteiger partial charge in [0, 0.05) is 32.6 Å². The summed E-state index contributed by atoms with van der Waals surface area (Å²) in [6.45, 7) is 8.84. The lowest BCUT2D eigenvalue weighted by molar-refractivity contribution is -0.131. The quantitative estimate of drug-likeness (QED) is 0.811. The second kappa shape index (κ2) is 8.13. The standard InChI is InChI=1S/C23H30N4O3/c1-4-27-18-14-26(12-9-19(28)25-10-5-6-11-25)22(29)20(18)21(24-23(27)30)17-8-7-15(2)13-16(17)3/h7-8,13,21H,4-6,9-12,14H2,1-3H3,(H,24,30). The Balaban J connectivity index is 1.58. The number of rotatable bonds is 5. The van der Waals surface area contributed by atoms with E-state index in [9.17, 15) is 14.4 Å². The Labute approximate surface area is 177 Å². The fraction of sp³-hybridized carbons (Fsp3) is 0.522. The van der Waals surface area contributed by atoms with Crippen molar-refractivity contribution in [3.8, 4) is 0 Å². The van der Waals surface area contributed by atoms with Crippen LogP contribution in [0.2, 0.25) is 0 Å². The molecule has 1 saturated heterocycles. The van der Waals surface area contributed by atoms with Crippen molar-refractivity contribution in [3.05, 3.63) is 46.2 Å². The van der Waals surface area contributed by atoms with Crippen LogP contribution in [-0.4, -0.2) is 65.3 Å². The topological polar surface area (TPSA) is 73.0 Å². The van der Waals surface area contributed by atoms with Gasteiger partial charge in [-0.1, -0.05) is 23.8 Å². The van der Waals surface area contributed by atoms with Gasteiger partial charge in [-0.3, -0.25) is 14.5 Å². The zero-order chi connectivity index (χ0) is 21.4. The molecule has 1 aromatic carbocycles. The zero-order valence-electron chi connectivity index (χ0n) is 18.0. The third-order valence-electron chi connectivity index (χ3n) is 6.40. The summed E-state index contributed by atoms with van der Waals surface area (Å²) >= 11 is 0. The smallest absolute Gasteiger partial charge is 0.322 e. The van der Waals surface area contributed by atoms with Gasteiger partial charge in [-0.25, -0.2) is 4.79 Å². The number of nitrogens with zero attached hydrogens (tertiary/aromatic N) is 3. The minimum Gasteiger partial charge on any atom is -0.343 e. The lowest BCUT2D eigenvalue weighted by Gasteiger charge is -2.33. The highest BCUT2D eigenvalue weighted by Crippen LogP contribution is 2.37. The molecule has 7 heteroatoms. The minimum absolute atomic E-state index is 0.0809. The van der Waals surface area contributed by atoms with Crippen LogP contribution in [0.15, 0.2) is 29.5 Å². The van der Waals surface area contributed by atoms with Crippen molar-refractivity contribution >= 4 is 17.8 Å². The molecular formula is C23H30N4O3. The van der Waals surface area contributed by atoms with Crippen LogP contribution in [0.1, 0.15) is 48.9 Å². The molecule has 160 valence electrons. The molecule has 0 bridgehead atoms. The molecule has 0 saturated carbocycles. The van der Waals surface area contributed by atoms with Gasteiger partial charge < -0.3 is 15.1 Å². The van der Waals surface area contributed by atoms with Gasteiger partial charge in [0.1, 0.15) is 0 Å². The van der Waals surface area contributed by atoms with Crippen molar-refractivity contribution in [3.63, 3.8) is 0 Å². The molecule has 1 atom stereocenters. The van der Waals surface area contributed by atoms with Gasteiger partial charge in [-0.15, -0.1) is 0 Å². The van der Waals surface area contributed by atoms with Gasteiger partial charge in [0.2, 0.25) is 5.91 Å². The highest BCUT2D eigenvalue weighted by molar-refractivity contribution is 6.01. The van der Waals surface area contributed by atoms with Crippen molar-refractivity contribution in [1.29, 1.82) is 0 Å². The molecule has 1 unspecified atom stereocenters. The van der Waals surface area contributed by atoms with Gasteiger partial charge in [0.05, 0.1) is 23.9 Å². The number of nitrogens with one attached hydrogen (secondary N) is 1. The largest absolute Gasteiger partial charge is 0.343 e. The lowest BCUT2D eigenvalue weighted by Crippen LogP contribution is -2.47. The fourth-order valence-corrected chi connectivity index (χ4v) is 4.80. The second-order valence-corrected chi connectivity index (χ2v) is 8.41. The monoisotopic (exact) mass is 410 g/mol. The van der Waals surface area contributed by atoms with E-state index in [4.69, 9.17) is 0 Å². The van der Waals surface area contributed by atoms with Crippen molar-refractivity contribution in [2.75, 3.05) is 32.7 Å². The van der Waals surface area contributed by atoms with Crippen LogP contribution in [0.4, 0.5) is 4.79 Å². The van der Waals surface area contributed by atoms with Crippen molar-refractivity contribution in [1.82, 2.24) is 20.0 Å². The summed E-state index contributed by atoms with van der Waals surface area (Å²) < 4.78 is 0. The summed E-state index contributed by atoms with van der Waals surface area (Å²) in [7, 11) is 0. The van der Waals surface area contributed by atoms with Crippen LogP contribution in [0.3, 0.4) is 0 Å². The molecule has 30 heavy (non-hydrogen) atoms. The number of likely N-dealkylation sites (tertiary alicyclic amines) is 1. The van der Waals surface area contributed by atoms with Crippen LogP contribution in [0.25, 0.3) is 0 Å². The molecule has 1 N–H and O–H groups in total. The number of aryl methyl sites for hydroxylation is 2. The maximum absolute atomic E-state index is 13.4. The highest BCUT2D eigenvalue weighted by Gasteiger charge is 2.43. The van der Waals surface area contributed by atoms with Gasteiger partial charge in [-0.05, 0) is 44.7 Å². The summed E-state index contributed by atoms with van der Waals surface area (Å²) in [6.07, 6.45) is 2.44. The molecule has 4 amide bonds. The van der Waals surface area contributed by atoms with E-state index in [1.54, 1.807) is 9.80 Å². The molecule has 0 aliphatic carbocycles. The number of urea groups is 1. The Morgan fingerprint density at radius 3 is 2.57 bits per heavy atom. The summed E-state index contributed by atoms with van der Waals surface area (Å²) in [4.78, 5) is 43.9. The molecule has 7 nitrogen and oxygen atoms in total. The summed E-state index contributed by atoms with van der Waals surface area (Å²) in [5.74, 6) is 0.0281. The maximum Gasteiger partial charge on any atom is 0.322 e. The molecular weight excluding hydrogens is 380 g/mol. The Morgan fingerprint density at radius 1 is 1.17 bits per heavy atom. The Morgan fingerprint density at radius 2 is 1.90 bits per heavy atom. The average molecular weight is 411 g/mol. The van der Waals surface area contributed by atoms with E-state index >= 15 is 0 Å². The number of carbonyl (C=O) groups excluding carboxylic acids is 3. The third kappa shape index (κ3) is 3.57. The molecule has 4 rings (SSSR count). The molecule has 3 heterocycles. The zero-order valence-corrected chi connectivity index (χ0v) is 18.0. The Hall–Kier alpha value is -2.83. The predicted octanol–water partition coefficient (Wildman–Crippen LogP) is 2.50. The van der Waals surface area contributed by atoms with Crippen LogP contribution in [0.5, 0.6) is 0 Å². The first-order valence-electron chi connectivity index (χ1n) is 10.9. The first kappa shape index (κ1) is 20.4. The predicted molar refractivity (Wildman–Crippen MR) is 114 cm³/mol. The molecule has 0 spiro atoms. The summed E-state index contributed by atoms with van der Waals surface area (Å²) in [6, 6.07) is 5.44. The van der Waals surface area contributed by atoms with E-state index in [-0.39, 0.29) is 17.8 Å². The van der Waals surface area contributed by atoms with E-state index in [1.165, 1.54) is 0 Å². The Kier molecular flexibility index (Phi) is 5.54. The first-order valence-corrected chi connectivity index (χ1v) is 10.9. The van der Waals surface area contributed by atoms with E-state index < -0.39 is 6.04 Å². The van der Waals surface area contributed by atoms with Crippen LogP contribution < -0.4 is 5.32 Å². The number of hydrogen-bond donors (Lipinski definition) is 1. The molecule has 0 radical (unpaired) electrons. The van der Waals surface area contributed by atoms with Gasteiger partial charge in [0.25, 0.3) is 5.91 Å². The van der Waals surface area contributed by atoms with E-state index in [0.717, 1.165) is 48.3 Å². The maximum atomic E-state index is 13.4. The van der Waals surface area contributed by atoms with E-state index in [2.05, 4.69) is 11.4 Å². The van der Waals surface area contributed by atoms with Gasteiger partial charge >= 0.3 is 6.03 Å². The Bertz CT molecular complexity index is 917. The number of carbonyl (C=O) groups is 3. The van der Waals surface area contributed by atoms with Crippen LogP contribution >= 0.6 is 0 Å². The normalized spacial score (nSPS) is 21.4. The molecule has 3 aliphatic heterocycles. The van der Waals surface area contributed by atoms with Gasteiger partial charge in [0.15, 0.2) is 0 Å². The van der Waals surface area contributed by atoms with Crippen molar-refractivity contribution in [2.24, 2.45) is 0 Å². The minimum atomic E-state index is -0.456. The summed E-state index contributed by atoms with van der Waals surface area (Å²) in [5.41, 5.74) is 4.54. The third-order valence-corrected chi connectivity index (χ3v) is 6.40. The SMILES string of the molecule is CCN1C(=O)NC(c2ccc(C)cc2C)C2=C1CN(CCC(=O)N1CCCC1)C2=O. The number of likely N-dealkylation sites (N-methyl/N-ethyl adjacent to an activating group) is 1. The average Bonchev–Trinajstić information content (AvgIpc) is 3.35. The van der Waals surface area contributed by atoms with E-state index in [1.807, 2.05) is 37.8 Å². The molecule has 1 aromatic rings. The number of hydrogen-bond acceptors (Lipinski definition) is 3. The highest BCUT2D eigenvalue weighted by atomic mass is 16.2. The van der Waals surface area contributed by atoms with Crippen LogP contribution in [-0.2, 0) is 9.59 Å². The first-order chi connectivity index (χ1) is 14.4. The number of amides is 4. The van der Waals surface area contributed by atoms with Crippen molar-refractivity contribution in [2.45, 2.75) is 46.1 Å². The fourth-order valence-electron chi connectivity index (χ4n) is 4.80. The molecule has 0 aromatic heterocycles. The molecule has 1 fully saturated rings. The lowest BCUT2D eigenvalue weighted by atomic mass is 9.91. The van der Waals surface area contributed by atoms with E-state index in [0.29, 0.717) is 31.6 Å². The van der Waals surface area contributed by atoms with Crippen LogP contribution in [0, 0.1) is 13.8 Å². The summed E-state index contributed by atoms with van der Waals surface area (Å²) in [5, 5.41) is 3.03. The number of benzene rings is 1. The second-order valence-electron chi connectivity index (χ2n) is 8.41.